The van der Waals surface area contributed by atoms with Gasteiger partial charge in [-0.2, -0.15) is 13.2 Å². The summed E-state index contributed by atoms with van der Waals surface area (Å²) < 4.78 is 38.7. The smallest absolute Gasteiger partial charge is 0.291 e. The van der Waals surface area contributed by atoms with Crippen molar-refractivity contribution in [2.75, 3.05) is 0 Å². The lowest BCUT2D eigenvalue weighted by Crippen LogP contribution is -2.22. The highest BCUT2D eigenvalue weighted by Gasteiger charge is 2.38. The van der Waals surface area contributed by atoms with Crippen LogP contribution in [0.3, 0.4) is 0 Å². The van der Waals surface area contributed by atoms with E-state index >= 15 is 0 Å². The number of H-pyrrole nitrogens is 1. The number of halogens is 3. The first-order chi connectivity index (χ1) is 7.32. The lowest BCUT2D eigenvalue weighted by Gasteiger charge is -2.11. The largest absolute Gasteiger partial charge is 0.433 e. The summed E-state index contributed by atoms with van der Waals surface area (Å²) in [5.74, 6) is 0.330. The van der Waals surface area contributed by atoms with Crippen LogP contribution in [0, 0.1) is 12.8 Å². The van der Waals surface area contributed by atoms with Crippen LogP contribution >= 0.6 is 0 Å². The molecule has 1 saturated carbocycles. The fourth-order valence-electron chi connectivity index (χ4n) is 1.89. The van der Waals surface area contributed by atoms with Gasteiger partial charge in [-0.1, -0.05) is 0 Å². The van der Waals surface area contributed by atoms with E-state index < -0.39 is 17.4 Å². The van der Waals surface area contributed by atoms with Crippen molar-refractivity contribution in [2.24, 2.45) is 5.92 Å². The first-order valence-corrected chi connectivity index (χ1v) is 5.20. The van der Waals surface area contributed by atoms with Crippen LogP contribution in [0.2, 0.25) is 0 Å². The molecule has 0 bridgehead atoms. The van der Waals surface area contributed by atoms with Gasteiger partial charge < -0.3 is 0 Å². The van der Waals surface area contributed by atoms with Gasteiger partial charge in [-0.05, 0) is 32.6 Å². The molecule has 0 spiro atoms. The van der Waals surface area contributed by atoms with Crippen LogP contribution in [0.4, 0.5) is 13.2 Å². The molecule has 1 atom stereocenters. The summed E-state index contributed by atoms with van der Waals surface area (Å²) >= 11 is 0. The third kappa shape index (κ3) is 1.76. The van der Waals surface area contributed by atoms with Crippen LogP contribution in [-0.2, 0) is 6.18 Å². The van der Waals surface area contributed by atoms with E-state index in [-0.39, 0.29) is 11.6 Å². The molecule has 16 heavy (non-hydrogen) atoms. The number of aromatic nitrogens is 2. The first kappa shape index (κ1) is 11.3. The zero-order valence-electron chi connectivity index (χ0n) is 9.06. The molecule has 1 aliphatic rings. The van der Waals surface area contributed by atoms with Crippen LogP contribution in [0.1, 0.15) is 37.1 Å². The number of hydrogen-bond donors (Lipinski definition) is 1. The SMILES string of the molecule is Cc1c(C(F)(F)F)[nH]n(C(C)C2CC2)c1=O. The summed E-state index contributed by atoms with van der Waals surface area (Å²) in [6, 6.07) is -0.178. The highest BCUT2D eigenvalue weighted by Crippen LogP contribution is 2.39. The molecule has 1 heterocycles. The lowest BCUT2D eigenvalue weighted by atomic mass is 10.2. The standard InChI is InChI=1S/C10H13F3N2O/c1-5-8(10(11,12)13)14-15(9(5)16)6(2)7-3-4-7/h6-7,14H,3-4H2,1-2H3. The van der Waals surface area contributed by atoms with Crippen molar-refractivity contribution >= 4 is 0 Å². The second kappa shape index (κ2) is 3.40. The third-order valence-corrected chi connectivity index (χ3v) is 3.14. The Kier molecular flexibility index (Phi) is 2.40. The predicted molar refractivity (Wildman–Crippen MR) is 52.2 cm³/mol. The second-order valence-corrected chi connectivity index (χ2v) is 4.36. The quantitative estimate of drug-likeness (QED) is 0.838. The van der Waals surface area contributed by atoms with E-state index in [1.165, 1.54) is 6.92 Å². The van der Waals surface area contributed by atoms with Gasteiger partial charge in [0.2, 0.25) is 0 Å². The number of alkyl halides is 3. The average molecular weight is 234 g/mol. The van der Waals surface area contributed by atoms with E-state index in [0.29, 0.717) is 5.92 Å². The van der Waals surface area contributed by atoms with Crippen LogP contribution in [0.25, 0.3) is 0 Å². The number of nitrogens with one attached hydrogen (secondary N) is 1. The van der Waals surface area contributed by atoms with E-state index in [1.807, 2.05) is 0 Å². The Labute approximate surface area is 90.2 Å². The van der Waals surface area contributed by atoms with Gasteiger partial charge in [0.1, 0.15) is 5.69 Å². The fourth-order valence-corrected chi connectivity index (χ4v) is 1.89. The normalized spacial score (nSPS) is 18.8. The molecule has 90 valence electrons. The third-order valence-electron chi connectivity index (χ3n) is 3.14. The van der Waals surface area contributed by atoms with Crippen molar-refractivity contribution in [3.63, 3.8) is 0 Å². The van der Waals surface area contributed by atoms with Gasteiger partial charge in [0.15, 0.2) is 0 Å². The number of nitrogens with zero attached hydrogens (tertiary/aromatic N) is 1. The maximum absolute atomic E-state index is 12.5. The Morgan fingerprint density at radius 2 is 2.00 bits per heavy atom. The summed E-state index contributed by atoms with van der Waals surface area (Å²) in [5.41, 5.74) is -1.74. The Balaban J connectivity index is 2.44. The molecule has 6 heteroatoms. The highest BCUT2D eigenvalue weighted by atomic mass is 19.4. The van der Waals surface area contributed by atoms with Gasteiger partial charge in [0, 0.05) is 5.56 Å². The van der Waals surface area contributed by atoms with Crippen LogP contribution < -0.4 is 5.56 Å². The van der Waals surface area contributed by atoms with Crippen LogP contribution in [0.15, 0.2) is 4.79 Å². The Morgan fingerprint density at radius 3 is 2.38 bits per heavy atom. The van der Waals surface area contributed by atoms with E-state index in [4.69, 9.17) is 0 Å². The summed E-state index contributed by atoms with van der Waals surface area (Å²) in [7, 11) is 0. The molecule has 0 saturated heterocycles. The molecular formula is C10H13F3N2O. The molecule has 0 amide bonds. The minimum atomic E-state index is -4.49. The van der Waals surface area contributed by atoms with E-state index in [2.05, 4.69) is 5.10 Å². The van der Waals surface area contributed by atoms with Gasteiger partial charge in [-0.15, -0.1) is 0 Å². The lowest BCUT2D eigenvalue weighted by molar-refractivity contribution is -0.142. The van der Waals surface area contributed by atoms with Gasteiger partial charge in [-0.3, -0.25) is 9.89 Å². The maximum atomic E-state index is 12.5. The predicted octanol–water partition coefficient (Wildman–Crippen LogP) is 2.47. The van der Waals surface area contributed by atoms with Crippen molar-refractivity contribution in [1.82, 2.24) is 9.78 Å². The highest BCUT2D eigenvalue weighted by molar-refractivity contribution is 5.18. The van der Waals surface area contributed by atoms with Crippen molar-refractivity contribution in [1.29, 1.82) is 0 Å². The minimum Gasteiger partial charge on any atom is -0.291 e. The topological polar surface area (TPSA) is 37.8 Å². The number of aromatic amines is 1. The van der Waals surface area contributed by atoms with Gasteiger partial charge in [-0.25, -0.2) is 4.68 Å². The van der Waals surface area contributed by atoms with Crippen molar-refractivity contribution < 1.29 is 13.2 Å². The summed E-state index contributed by atoms with van der Waals surface area (Å²) in [6.45, 7) is 2.98. The first-order valence-electron chi connectivity index (χ1n) is 5.20. The van der Waals surface area contributed by atoms with E-state index in [1.54, 1.807) is 6.92 Å². The average Bonchev–Trinajstić information content (AvgIpc) is 2.94. The van der Waals surface area contributed by atoms with Crippen LogP contribution in [-0.4, -0.2) is 9.78 Å². The summed E-state index contributed by atoms with van der Waals surface area (Å²) in [5, 5.41) is 2.19. The molecular weight excluding hydrogens is 221 g/mol. The summed E-state index contributed by atoms with van der Waals surface area (Å²) in [4.78, 5) is 11.6. The molecule has 0 radical (unpaired) electrons. The minimum absolute atomic E-state index is 0.178. The molecule has 1 fully saturated rings. The van der Waals surface area contributed by atoms with Crippen molar-refractivity contribution in [3.05, 3.63) is 21.6 Å². The molecule has 1 N–H and O–H groups in total. The fraction of sp³-hybridized carbons (Fsp3) is 0.700. The molecule has 1 aromatic heterocycles. The monoisotopic (exact) mass is 234 g/mol. The molecule has 0 aliphatic heterocycles. The van der Waals surface area contributed by atoms with E-state index in [0.717, 1.165) is 17.5 Å². The Morgan fingerprint density at radius 1 is 1.44 bits per heavy atom. The summed E-state index contributed by atoms with van der Waals surface area (Å²) in [6.07, 6.45) is -2.53. The molecule has 3 nitrogen and oxygen atoms in total. The van der Waals surface area contributed by atoms with E-state index in [9.17, 15) is 18.0 Å². The number of hydrogen-bond acceptors (Lipinski definition) is 1. The van der Waals surface area contributed by atoms with Crippen LogP contribution in [0.5, 0.6) is 0 Å². The Bertz CT molecular complexity index is 454. The van der Waals surface area contributed by atoms with Gasteiger partial charge in [0.25, 0.3) is 5.56 Å². The maximum Gasteiger partial charge on any atom is 0.433 e. The zero-order chi connectivity index (χ0) is 12.1. The van der Waals surface area contributed by atoms with Crippen molar-refractivity contribution in [2.45, 2.75) is 38.9 Å². The van der Waals surface area contributed by atoms with Gasteiger partial charge in [0.05, 0.1) is 6.04 Å². The molecule has 2 rings (SSSR count). The molecule has 1 aliphatic carbocycles. The number of rotatable bonds is 2. The molecule has 0 aromatic carbocycles. The Hall–Kier alpha value is -1.20. The van der Waals surface area contributed by atoms with Gasteiger partial charge >= 0.3 is 6.18 Å². The zero-order valence-corrected chi connectivity index (χ0v) is 9.06. The molecule has 1 aromatic rings. The molecule has 1 unspecified atom stereocenters. The second-order valence-electron chi connectivity index (χ2n) is 4.36. The van der Waals surface area contributed by atoms with Crippen molar-refractivity contribution in [3.8, 4) is 0 Å².